The topological polar surface area (TPSA) is 73.6 Å². The molecular formula is C26H28N2O3. The Hall–Kier alpha value is -3.47. The second-order valence-electron chi connectivity index (χ2n) is 9.41. The maximum absolute atomic E-state index is 12.8. The third-order valence-corrected chi connectivity index (χ3v) is 5.27. The van der Waals surface area contributed by atoms with Gasteiger partial charge < -0.3 is 20.5 Å². The highest BCUT2D eigenvalue weighted by molar-refractivity contribution is 6.09. The molecule has 0 aliphatic carbocycles. The lowest BCUT2D eigenvalue weighted by atomic mass is 9.86. The van der Waals surface area contributed by atoms with Crippen molar-refractivity contribution in [2.75, 3.05) is 11.1 Å². The molecule has 0 fully saturated rings. The molecule has 0 aromatic heterocycles. The third-order valence-electron chi connectivity index (χ3n) is 5.27. The Labute approximate surface area is 183 Å². The summed E-state index contributed by atoms with van der Waals surface area (Å²) in [6.45, 7) is 10.3. The normalized spacial score (nSPS) is 14.4. The standard InChI is InChI=1S/C26H28N2O3/c1-25(2,3)18-10-6-16(7-11-18)24(29)17-8-12-19(13-9-17)30-22-15-23-21(14-20(22)27)28-26(4,5)31-23/h6-15,28H,27H2,1-5H3. The molecule has 5 nitrogen and oxygen atoms in total. The van der Waals surface area contributed by atoms with E-state index in [2.05, 4.69) is 26.1 Å². The monoisotopic (exact) mass is 416 g/mol. The first kappa shape index (κ1) is 20.8. The van der Waals surface area contributed by atoms with Gasteiger partial charge in [-0.1, -0.05) is 45.0 Å². The summed E-state index contributed by atoms with van der Waals surface area (Å²) in [4.78, 5) is 12.8. The zero-order valence-electron chi connectivity index (χ0n) is 18.6. The van der Waals surface area contributed by atoms with Crippen molar-refractivity contribution in [2.45, 2.75) is 45.8 Å². The van der Waals surface area contributed by atoms with E-state index in [4.69, 9.17) is 15.2 Å². The van der Waals surface area contributed by atoms with Crippen molar-refractivity contribution in [3.63, 3.8) is 0 Å². The number of carbonyl (C=O) groups excluding carboxylic acids is 1. The number of anilines is 2. The summed E-state index contributed by atoms with van der Waals surface area (Å²) in [5, 5.41) is 3.26. The SMILES string of the molecule is CC1(C)Nc2cc(N)c(Oc3ccc(C(=O)c4ccc(C(C)(C)C)cc4)cc3)cc2O1. The van der Waals surface area contributed by atoms with Crippen LogP contribution in [0.15, 0.2) is 60.7 Å². The van der Waals surface area contributed by atoms with Gasteiger partial charge in [0.05, 0.1) is 11.4 Å². The van der Waals surface area contributed by atoms with Gasteiger partial charge in [0.15, 0.2) is 17.3 Å². The van der Waals surface area contributed by atoms with Gasteiger partial charge in [-0.25, -0.2) is 0 Å². The summed E-state index contributed by atoms with van der Waals surface area (Å²) >= 11 is 0. The number of benzene rings is 3. The number of carbonyl (C=O) groups is 1. The minimum Gasteiger partial charge on any atom is -0.466 e. The van der Waals surface area contributed by atoms with E-state index in [1.54, 1.807) is 36.4 Å². The van der Waals surface area contributed by atoms with Crippen LogP contribution in [0.3, 0.4) is 0 Å². The van der Waals surface area contributed by atoms with Gasteiger partial charge in [-0.2, -0.15) is 0 Å². The fourth-order valence-corrected chi connectivity index (χ4v) is 3.56. The molecule has 0 unspecified atom stereocenters. The van der Waals surface area contributed by atoms with Gasteiger partial charge in [0.1, 0.15) is 11.5 Å². The van der Waals surface area contributed by atoms with E-state index < -0.39 is 5.72 Å². The van der Waals surface area contributed by atoms with Crippen molar-refractivity contribution in [3.05, 3.63) is 77.4 Å². The van der Waals surface area contributed by atoms with Crippen LogP contribution in [0.25, 0.3) is 0 Å². The minimum absolute atomic E-state index is 0.0224. The van der Waals surface area contributed by atoms with Crippen LogP contribution in [0.2, 0.25) is 0 Å². The fraction of sp³-hybridized carbons (Fsp3) is 0.269. The number of rotatable bonds is 4. The first-order chi connectivity index (χ1) is 14.5. The van der Waals surface area contributed by atoms with Crippen LogP contribution < -0.4 is 20.5 Å². The molecule has 0 radical (unpaired) electrons. The van der Waals surface area contributed by atoms with Crippen molar-refractivity contribution in [1.29, 1.82) is 0 Å². The number of nitrogen functional groups attached to an aromatic ring is 1. The van der Waals surface area contributed by atoms with Crippen LogP contribution in [0.4, 0.5) is 11.4 Å². The van der Waals surface area contributed by atoms with Crippen molar-refractivity contribution in [2.24, 2.45) is 0 Å². The fourth-order valence-electron chi connectivity index (χ4n) is 3.56. The smallest absolute Gasteiger partial charge is 0.193 e. The highest BCUT2D eigenvalue weighted by atomic mass is 16.5. The van der Waals surface area contributed by atoms with Gasteiger partial charge in [0.25, 0.3) is 0 Å². The largest absolute Gasteiger partial charge is 0.466 e. The number of hydrogen-bond acceptors (Lipinski definition) is 5. The van der Waals surface area contributed by atoms with E-state index in [0.29, 0.717) is 34.1 Å². The van der Waals surface area contributed by atoms with Gasteiger partial charge in [0.2, 0.25) is 0 Å². The summed E-state index contributed by atoms with van der Waals surface area (Å²) in [6.07, 6.45) is 0. The van der Waals surface area contributed by atoms with Gasteiger partial charge in [0, 0.05) is 17.2 Å². The number of ketones is 1. The molecule has 1 aliphatic heterocycles. The molecule has 0 atom stereocenters. The van der Waals surface area contributed by atoms with Crippen LogP contribution in [-0.4, -0.2) is 11.5 Å². The Morgan fingerprint density at radius 2 is 1.55 bits per heavy atom. The maximum Gasteiger partial charge on any atom is 0.193 e. The quantitative estimate of drug-likeness (QED) is 0.395. The van der Waals surface area contributed by atoms with E-state index in [1.807, 2.05) is 38.1 Å². The molecule has 0 saturated carbocycles. The molecule has 160 valence electrons. The van der Waals surface area contributed by atoms with Crippen LogP contribution in [0.1, 0.15) is 56.1 Å². The Bertz CT molecular complexity index is 1130. The number of fused-ring (bicyclic) bond motifs is 1. The molecule has 0 bridgehead atoms. The van der Waals surface area contributed by atoms with E-state index >= 15 is 0 Å². The van der Waals surface area contributed by atoms with Crippen LogP contribution in [0, 0.1) is 0 Å². The van der Waals surface area contributed by atoms with Crippen LogP contribution in [0.5, 0.6) is 17.2 Å². The predicted octanol–water partition coefficient (Wildman–Crippen LogP) is 6.13. The first-order valence-corrected chi connectivity index (χ1v) is 10.4. The van der Waals surface area contributed by atoms with Gasteiger partial charge in [-0.3, -0.25) is 4.79 Å². The summed E-state index contributed by atoms with van der Waals surface area (Å²) in [7, 11) is 0. The molecule has 0 saturated heterocycles. The number of nitrogens with two attached hydrogens (primary N) is 1. The van der Waals surface area contributed by atoms with E-state index in [0.717, 1.165) is 5.69 Å². The average Bonchev–Trinajstić information content (AvgIpc) is 3.00. The summed E-state index contributed by atoms with van der Waals surface area (Å²) in [5.41, 5.74) is 9.53. The molecule has 3 aromatic carbocycles. The van der Waals surface area contributed by atoms with Crippen molar-refractivity contribution < 1.29 is 14.3 Å². The van der Waals surface area contributed by atoms with Gasteiger partial charge in [-0.15, -0.1) is 0 Å². The Morgan fingerprint density at radius 1 is 0.968 bits per heavy atom. The third kappa shape index (κ3) is 4.36. The average molecular weight is 417 g/mol. The second kappa shape index (κ2) is 7.34. The van der Waals surface area contributed by atoms with Crippen molar-refractivity contribution in [3.8, 4) is 17.2 Å². The number of ether oxygens (including phenoxy) is 2. The molecule has 0 amide bonds. The Morgan fingerprint density at radius 3 is 2.13 bits per heavy atom. The molecule has 0 spiro atoms. The molecule has 5 heteroatoms. The molecular weight excluding hydrogens is 388 g/mol. The summed E-state index contributed by atoms with van der Waals surface area (Å²) in [6, 6.07) is 18.4. The Kier molecular flexibility index (Phi) is 4.92. The van der Waals surface area contributed by atoms with Crippen LogP contribution >= 0.6 is 0 Å². The first-order valence-electron chi connectivity index (χ1n) is 10.4. The molecule has 31 heavy (non-hydrogen) atoms. The van der Waals surface area contributed by atoms with E-state index in [-0.39, 0.29) is 11.2 Å². The van der Waals surface area contributed by atoms with Gasteiger partial charge >= 0.3 is 0 Å². The number of hydrogen-bond donors (Lipinski definition) is 2. The molecule has 3 N–H and O–H groups in total. The zero-order valence-corrected chi connectivity index (χ0v) is 18.6. The molecule has 1 heterocycles. The highest BCUT2D eigenvalue weighted by Gasteiger charge is 2.30. The molecule has 1 aliphatic rings. The lowest BCUT2D eigenvalue weighted by Gasteiger charge is -2.19. The highest BCUT2D eigenvalue weighted by Crippen LogP contribution is 2.43. The Balaban J connectivity index is 1.50. The van der Waals surface area contributed by atoms with Gasteiger partial charge in [-0.05, 0) is 55.2 Å². The minimum atomic E-state index is -0.486. The zero-order chi connectivity index (χ0) is 22.4. The lowest BCUT2D eigenvalue weighted by molar-refractivity contribution is 0.103. The van der Waals surface area contributed by atoms with Crippen molar-refractivity contribution in [1.82, 2.24) is 0 Å². The van der Waals surface area contributed by atoms with E-state index in [9.17, 15) is 4.79 Å². The summed E-state index contributed by atoms with van der Waals surface area (Å²) in [5.74, 6) is 1.78. The second-order valence-corrected chi connectivity index (χ2v) is 9.41. The summed E-state index contributed by atoms with van der Waals surface area (Å²) < 4.78 is 11.8. The molecule has 4 rings (SSSR count). The maximum atomic E-state index is 12.8. The predicted molar refractivity (Wildman–Crippen MR) is 124 cm³/mol. The number of nitrogens with one attached hydrogen (secondary N) is 1. The molecule has 3 aromatic rings. The lowest BCUT2D eigenvalue weighted by Crippen LogP contribution is -2.31. The van der Waals surface area contributed by atoms with E-state index in [1.165, 1.54) is 5.56 Å². The van der Waals surface area contributed by atoms with Crippen molar-refractivity contribution >= 4 is 17.2 Å². The van der Waals surface area contributed by atoms with Crippen LogP contribution in [-0.2, 0) is 5.41 Å².